The molecule has 0 bridgehead atoms. The fraction of sp³-hybridized carbons (Fsp3) is 0. The molecule has 0 fully saturated rings. The Hall–Kier alpha value is -1.71. The Labute approximate surface area is 135 Å². The zero-order chi connectivity index (χ0) is 14.2. The second-order valence-electron chi connectivity index (χ2n) is 4.76. The van der Waals surface area contributed by atoms with E-state index in [0.29, 0.717) is 0 Å². The van der Waals surface area contributed by atoms with Gasteiger partial charge in [-0.1, -0.05) is 54.2 Å². The van der Waals surface area contributed by atoms with E-state index >= 15 is 0 Å². The standard InChI is InChI=1S/C18H11BrOS/c19-14-8-2-4-10-16(14)21-17-11-5-7-13-12-6-1-3-9-15(12)20-18(13)17/h1-11H. The van der Waals surface area contributed by atoms with Crippen molar-refractivity contribution in [3.63, 3.8) is 0 Å². The van der Waals surface area contributed by atoms with Crippen LogP contribution in [0.15, 0.2) is 85.4 Å². The Balaban J connectivity index is 1.91. The summed E-state index contributed by atoms with van der Waals surface area (Å²) in [4.78, 5) is 2.32. The lowest BCUT2D eigenvalue weighted by molar-refractivity contribution is 0.660. The minimum Gasteiger partial charge on any atom is -0.455 e. The number of furan rings is 1. The molecular weight excluding hydrogens is 344 g/mol. The minimum absolute atomic E-state index is 0.938. The number of halogens is 1. The van der Waals surface area contributed by atoms with Gasteiger partial charge in [0, 0.05) is 20.1 Å². The van der Waals surface area contributed by atoms with E-state index in [9.17, 15) is 0 Å². The highest BCUT2D eigenvalue weighted by atomic mass is 79.9. The third kappa shape index (κ3) is 2.27. The third-order valence-electron chi connectivity index (χ3n) is 3.42. The Morgan fingerprint density at radius 2 is 1.43 bits per heavy atom. The molecular formula is C18H11BrOS. The van der Waals surface area contributed by atoms with Crippen molar-refractivity contribution < 1.29 is 4.42 Å². The molecule has 21 heavy (non-hydrogen) atoms. The molecule has 0 unspecified atom stereocenters. The number of hydrogen-bond acceptors (Lipinski definition) is 2. The largest absolute Gasteiger partial charge is 0.455 e. The van der Waals surface area contributed by atoms with E-state index in [-0.39, 0.29) is 0 Å². The Kier molecular flexibility index (Phi) is 3.24. The average Bonchev–Trinajstić information content (AvgIpc) is 2.89. The first-order chi connectivity index (χ1) is 10.3. The Bertz CT molecular complexity index is 942. The van der Waals surface area contributed by atoms with Crippen molar-refractivity contribution in [2.24, 2.45) is 0 Å². The summed E-state index contributed by atoms with van der Waals surface area (Å²) in [5.74, 6) is 0. The molecule has 0 aliphatic carbocycles. The van der Waals surface area contributed by atoms with Crippen molar-refractivity contribution in [1.82, 2.24) is 0 Å². The summed E-state index contributed by atoms with van der Waals surface area (Å²) in [6, 6.07) is 22.7. The van der Waals surface area contributed by atoms with E-state index in [1.54, 1.807) is 11.8 Å². The highest BCUT2D eigenvalue weighted by Crippen LogP contribution is 2.40. The Morgan fingerprint density at radius 1 is 0.714 bits per heavy atom. The molecule has 0 aliphatic heterocycles. The summed E-state index contributed by atoms with van der Waals surface area (Å²) < 4.78 is 7.16. The summed E-state index contributed by atoms with van der Waals surface area (Å²) in [5, 5.41) is 2.34. The summed E-state index contributed by atoms with van der Waals surface area (Å²) in [7, 11) is 0. The predicted octanol–water partition coefficient (Wildman–Crippen LogP) is 6.50. The zero-order valence-electron chi connectivity index (χ0n) is 11.0. The summed E-state index contributed by atoms with van der Waals surface area (Å²) >= 11 is 5.32. The van der Waals surface area contributed by atoms with E-state index in [1.165, 1.54) is 15.7 Å². The first kappa shape index (κ1) is 13.0. The fourth-order valence-corrected chi connectivity index (χ4v) is 3.92. The maximum absolute atomic E-state index is 6.06. The highest BCUT2D eigenvalue weighted by molar-refractivity contribution is 9.10. The molecule has 0 atom stereocenters. The van der Waals surface area contributed by atoms with Gasteiger partial charge in [0.1, 0.15) is 11.2 Å². The summed E-state index contributed by atoms with van der Waals surface area (Å²) in [6.45, 7) is 0. The van der Waals surface area contributed by atoms with Gasteiger partial charge in [-0.05, 0) is 40.2 Å². The van der Waals surface area contributed by atoms with E-state index < -0.39 is 0 Å². The quantitative estimate of drug-likeness (QED) is 0.407. The van der Waals surface area contributed by atoms with Gasteiger partial charge in [0.2, 0.25) is 0 Å². The maximum atomic E-state index is 6.06. The van der Waals surface area contributed by atoms with Crippen molar-refractivity contribution in [2.45, 2.75) is 9.79 Å². The van der Waals surface area contributed by atoms with Gasteiger partial charge in [-0.15, -0.1) is 0 Å². The number of fused-ring (bicyclic) bond motifs is 3. The van der Waals surface area contributed by atoms with Crippen LogP contribution in [0.4, 0.5) is 0 Å². The van der Waals surface area contributed by atoms with Crippen LogP contribution < -0.4 is 0 Å². The SMILES string of the molecule is Brc1ccccc1Sc1cccc2c1oc1ccccc12. The highest BCUT2D eigenvalue weighted by Gasteiger charge is 2.11. The first-order valence-electron chi connectivity index (χ1n) is 6.65. The van der Waals surface area contributed by atoms with Gasteiger partial charge >= 0.3 is 0 Å². The monoisotopic (exact) mass is 354 g/mol. The predicted molar refractivity (Wildman–Crippen MR) is 92.0 cm³/mol. The topological polar surface area (TPSA) is 13.1 Å². The molecule has 4 aromatic rings. The maximum Gasteiger partial charge on any atom is 0.149 e. The van der Waals surface area contributed by atoms with Crippen molar-refractivity contribution in [3.8, 4) is 0 Å². The molecule has 0 aliphatic rings. The van der Waals surface area contributed by atoms with Crippen LogP contribution in [0, 0.1) is 0 Å². The van der Waals surface area contributed by atoms with Crippen molar-refractivity contribution in [2.75, 3.05) is 0 Å². The van der Waals surface area contributed by atoms with Gasteiger partial charge in [-0.25, -0.2) is 0 Å². The molecule has 0 saturated carbocycles. The summed E-state index contributed by atoms with van der Waals surface area (Å²) in [5.41, 5.74) is 1.90. The molecule has 4 rings (SSSR count). The van der Waals surface area contributed by atoms with Crippen molar-refractivity contribution in [1.29, 1.82) is 0 Å². The summed E-state index contributed by atoms with van der Waals surface area (Å²) in [6.07, 6.45) is 0. The smallest absolute Gasteiger partial charge is 0.149 e. The lowest BCUT2D eigenvalue weighted by Gasteiger charge is -2.04. The molecule has 0 amide bonds. The molecule has 1 heterocycles. The van der Waals surface area contributed by atoms with Crippen LogP contribution in [0.1, 0.15) is 0 Å². The van der Waals surface area contributed by atoms with Crippen LogP contribution in [-0.4, -0.2) is 0 Å². The normalized spacial score (nSPS) is 11.3. The van der Waals surface area contributed by atoms with Gasteiger partial charge in [-0.2, -0.15) is 0 Å². The van der Waals surface area contributed by atoms with Crippen LogP contribution in [0.25, 0.3) is 21.9 Å². The molecule has 102 valence electrons. The molecule has 3 heteroatoms. The van der Waals surface area contributed by atoms with Gasteiger partial charge in [0.25, 0.3) is 0 Å². The first-order valence-corrected chi connectivity index (χ1v) is 8.26. The zero-order valence-corrected chi connectivity index (χ0v) is 13.4. The molecule has 0 spiro atoms. The second kappa shape index (κ2) is 5.24. The van der Waals surface area contributed by atoms with Crippen molar-refractivity contribution in [3.05, 3.63) is 71.2 Å². The number of para-hydroxylation sites is 2. The molecule has 1 nitrogen and oxygen atoms in total. The van der Waals surface area contributed by atoms with Gasteiger partial charge in [0.15, 0.2) is 0 Å². The minimum atomic E-state index is 0.938. The molecule has 0 radical (unpaired) electrons. The van der Waals surface area contributed by atoms with E-state index in [0.717, 1.165) is 20.5 Å². The van der Waals surface area contributed by atoms with E-state index in [1.807, 2.05) is 30.3 Å². The van der Waals surface area contributed by atoms with Crippen LogP contribution in [-0.2, 0) is 0 Å². The number of rotatable bonds is 2. The average molecular weight is 355 g/mol. The third-order valence-corrected chi connectivity index (χ3v) is 5.50. The van der Waals surface area contributed by atoms with Crippen LogP contribution in [0.3, 0.4) is 0 Å². The Morgan fingerprint density at radius 3 is 2.33 bits per heavy atom. The van der Waals surface area contributed by atoms with Crippen molar-refractivity contribution >= 4 is 49.6 Å². The van der Waals surface area contributed by atoms with Gasteiger partial charge in [0.05, 0.1) is 4.90 Å². The van der Waals surface area contributed by atoms with E-state index in [4.69, 9.17) is 4.42 Å². The van der Waals surface area contributed by atoms with Gasteiger partial charge < -0.3 is 4.42 Å². The molecule has 0 N–H and O–H groups in total. The van der Waals surface area contributed by atoms with Crippen LogP contribution in [0.2, 0.25) is 0 Å². The fourth-order valence-electron chi connectivity index (χ4n) is 2.45. The van der Waals surface area contributed by atoms with Crippen LogP contribution >= 0.6 is 27.7 Å². The molecule has 1 aromatic heterocycles. The van der Waals surface area contributed by atoms with Gasteiger partial charge in [-0.3, -0.25) is 0 Å². The second-order valence-corrected chi connectivity index (χ2v) is 6.70. The lowest BCUT2D eigenvalue weighted by atomic mass is 10.1. The van der Waals surface area contributed by atoms with Crippen LogP contribution in [0.5, 0.6) is 0 Å². The molecule has 0 saturated heterocycles. The van der Waals surface area contributed by atoms with E-state index in [2.05, 4.69) is 52.3 Å². The molecule has 3 aromatic carbocycles. The number of hydrogen-bond donors (Lipinski definition) is 0. The number of benzene rings is 3. The lowest BCUT2D eigenvalue weighted by Crippen LogP contribution is -1.76.